The van der Waals surface area contributed by atoms with E-state index < -0.39 is 73.9 Å². The number of ether oxygens (including phenoxy) is 24. The highest BCUT2D eigenvalue weighted by molar-refractivity contribution is 6.14. The number of hydrogen-bond donors (Lipinski definition) is 0. The first kappa shape index (κ1) is 110. The molecule has 0 heterocycles. The van der Waals surface area contributed by atoms with Crippen LogP contribution in [0, 0.1) is 6.92 Å². The summed E-state index contributed by atoms with van der Waals surface area (Å²) in [6.07, 6.45) is -10.3. The van der Waals surface area contributed by atoms with Gasteiger partial charge in [-0.3, -0.25) is 0 Å². The number of benzene rings is 10. The lowest BCUT2D eigenvalue weighted by Crippen LogP contribution is -2.17. The van der Waals surface area contributed by atoms with Crippen LogP contribution < -0.4 is 56.8 Å². The van der Waals surface area contributed by atoms with Gasteiger partial charge in [0, 0.05) is 21.7 Å². The summed E-state index contributed by atoms with van der Waals surface area (Å²) in [6.45, 7) is 38.1. The third kappa shape index (κ3) is 36.3. The molecule has 36 heteroatoms. The van der Waals surface area contributed by atoms with Gasteiger partial charge in [-0.2, -0.15) is 0 Å². The van der Waals surface area contributed by atoms with E-state index in [0.717, 1.165) is 43.6 Å². The Labute approximate surface area is 780 Å². The normalized spacial score (nSPS) is 10.3. The fraction of sp³-hybridized carbons (Fsp3) is 0.354. The summed E-state index contributed by atoms with van der Waals surface area (Å²) in [5.41, 5.74) is 3.15. The van der Waals surface area contributed by atoms with Crippen LogP contribution in [0.25, 0.3) is 43.1 Å². The van der Waals surface area contributed by atoms with Gasteiger partial charge in [0.25, 0.3) is 0 Å². The average Bonchev–Trinajstić information content (AvgIpc) is 0.749. The maximum Gasteiger partial charge on any atom is 0.513 e. The summed E-state index contributed by atoms with van der Waals surface area (Å²) in [6, 6.07) is 49.3. The van der Waals surface area contributed by atoms with Gasteiger partial charge < -0.3 is 114 Å². The molecule has 10 rings (SSSR count). The van der Waals surface area contributed by atoms with Crippen LogP contribution in [0.5, 0.6) is 69.0 Å². The summed E-state index contributed by atoms with van der Waals surface area (Å²) >= 11 is 0. The molecule has 0 saturated carbocycles. The third-order valence-corrected chi connectivity index (χ3v) is 17.3. The smallest absolute Gasteiger partial charge is 0.434 e. The van der Waals surface area contributed by atoms with E-state index in [1.54, 1.807) is 157 Å². The number of carbonyl (C=O) groups excluding carboxylic acids is 12. The topological polar surface area (TPSA) is 426 Å². The standard InChI is InChI=1S/C20H18O6.C18H26O6.C17H24O6.2C16H16O6.C12H14O6/c1-3-23-19(21)25-17-15-11-7-5-9-13(15)14-10-6-8-12-16(14)18(17)26-20(22)24-4-2;1-7-21-17(19)23-15-10-13(11(3)4)9-14(12(5)6)16(15)24-18(20)22-8-2;1-7-20-15(18)22-13-10-12(17(4,5)6)9-11(3)14(13)23-16(19)21-8-2;1-3-19-15(17)21-13-9-11-7-5-6-8-12(11)10-14(13)22-16(18)20-4-2;1-3-19-15(17)21-13-10-9-11-7-5-6-8-12(11)14(13)22-16(18)20-4-2;1-3-15-11(13)17-9-7-5-6-8-10(9)18-12(14)16-4-2/h5-12H,3-4H2,1-2H3;9-12H,7-8H2,1-6H3;9-10H,7-8H2,1-6H3;2*5-10H,3-4H2,1-2H3;5-8H,3-4H2,1-2H3. The summed E-state index contributed by atoms with van der Waals surface area (Å²) in [7, 11) is 0. The fourth-order valence-electron chi connectivity index (χ4n) is 11.5. The van der Waals surface area contributed by atoms with Gasteiger partial charge in [0.05, 0.1) is 79.3 Å². The van der Waals surface area contributed by atoms with E-state index in [0.29, 0.717) is 21.7 Å². The molecule has 0 aromatic heterocycles. The molecule has 10 aromatic rings. The maximum absolute atomic E-state index is 11.9. The molecule has 0 aliphatic rings. The predicted octanol–water partition coefficient (Wildman–Crippen LogP) is 25.0. The quantitative estimate of drug-likeness (QED) is 0.0210. The van der Waals surface area contributed by atoms with Crippen molar-refractivity contribution < 1.29 is 171 Å². The molecule has 0 spiro atoms. The Bertz CT molecular complexity index is 5420. The highest BCUT2D eigenvalue weighted by Crippen LogP contribution is 2.46. The average molecular weight is 1880 g/mol. The van der Waals surface area contributed by atoms with Crippen LogP contribution in [0.3, 0.4) is 0 Å². The van der Waals surface area contributed by atoms with Crippen molar-refractivity contribution in [3.63, 3.8) is 0 Å². The third-order valence-electron chi connectivity index (χ3n) is 17.3. The summed E-state index contributed by atoms with van der Waals surface area (Å²) in [4.78, 5) is 139. The molecule has 0 bridgehead atoms. The molecule has 135 heavy (non-hydrogen) atoms. The minimum atomic E-state index is -0.873. The highest BCUT2D eigenvalue weighted by atomic mass is 16.8. The van der Waals surface area contributed by atoms with Crippen LogP contribution in [0.2, 0.25) is 0 Å². The second-order valence-corrected chi connectivity index (χ2v) is 28.5. The van der Waals surface area contributed by atoms with Crippen molar-refractivity contribution in [2.24, 2.45) is 0 Å². The Kier molecular flexibility index (Phi) is 46.9. The highest BCUT2D eigenvalue weighted by Gasteiger charge is 2.29. The zero-order chi connectivity index (χ0) is 99.7. The van der Waals surface area contributed by atoms with Crippen molar-refractivity contribution in [2.45, 2.75) is 156 Å². The van der Waals surface area contributed by atoms with Crippen molar-refractivity contribution in [1.29, 1.82) is 0 Å². The van der Waals surface area contributed by atoms with Crippen LogP contribution in [-0.4, -0.2) is 153 Å². The number of carbonyl (C=O) groups is 12. The van der Waals surface area contributed by atoms with Crippen molar-refractivity contribution in [2.75, 3.05) is 79.3 Å². The number of para-hydroxylation sites is 2. The molecule has 0 aliphatic heterocycles. The van der Waals surface area contributed by atoms with Crippen molar-refractivity contribution in [1.82, 2.24) is 0 Å². The molecule has 36 nitrogen and oxygen atoms in total. The van der Waals surface area contributed by atoms with Gasteiger partial charge in [0.1, 0.15) is 0 Å². The lowest BCUT2D eigenvalue weighted by atomic mass is 9.86. The molecule has 726 valence electrons. The molecule has 0 atom stereocenters. The Balaban J connectivity index is 0.000000287. The Hall–Kier alpha value is -15.5. The van der Waals surface area contributed by atoms with Gasteiger partial charge in [-0.25, -0.2) is 57.5 Å². The summed E-state index contributed by atoms with van der Waals surface area (Å²) in [5.74, 6) is 1.65. The zero-order valence-electron chi connectivity index (χ0n) is 79.0. The van der Waals surface area contributed by atoms with Crippen LogP contribution in [-0.2, 0) is 62.3 Å². The number of aryl methyl sites for hydroxylation is 1. The molecule has 0 saturated heterocycles. The molecule has 0 aliphatic carbocycles. The Morgan fingerprint density at radius 1 is 0.230 bits per heavy atom. The van der Waals surface area contributed by atoms with Crippen LogP contribution in [0.4, 0.5) is 57.5 Å². The lowest BCUT2D eigenvalue weighted by molar-refractivity contribution is 0.0935. The van der Waals surface area contributed by atoms with E-state index in [1.165, 1.54) is 18.2 Å². The van der Waals surface area contributed by atoms with Crippen molar-refractivity contribution in [3.8, 4) is 69.0 Å². The monoisotopic (exact) mass is 1880 g/mol. The zero-order valence-corrected chi connectivity index (χ0v) is 79.0. The van der Waals surface area contributed by atoms with E-state index >= 15 is 0 Å². The lowest BCUT2D eigenvalue weighted by Gasteiger charge is -2.22. The SMILES string of the molecule is CCOC(=O)Oc1c(OC(=O)OCC)c2ccccc2c2ccccc12.CCOC(=O)Oc1cc(C(C)(C)C)cc(C)c1OC(=O)OCC.CCOC(=O)Oc1cc(C(C)C)cc(C(C)C)c1OC(=O)OCC.CCOC(=O)Oc1cc2ccccc2cc1OC(=O)OCC.CCOC(=O)Oc1ccc2ccccc2c1OC(=O)OCC.CCOC(=O)Oc1ccccc1OC(=O)OCC. The Morgan fingerprint density at radius 2 is 0.496 bits per heavy atom. The molecule has 0 unspecified atom stereocenters. The summed E-state index contributed by atoms with van der Waals surface area (Å²) in [5, 5.41) is 6.08. The van der Waals surface area contributed by atoms with E-state index in [1.807, 2.05) is 133 Å². The first-order chi connectivity index (χ1) is 64.6. The van der Waals surface area contributed by atoms with Gasteiger partial charge in [-0.15, -0.1) is 0 Å². The Morgan fingerprint density at radius 3 is 0.830 bits per heavy atom. The number of hydrogen-bond acceptors (Lipinski definition) is 36. The van der Waals surface area contributed by atoms with Crippen molar-refractivity contribution in [3.05, 3.63) is 192 Å². The largest absolute Gasteiger partial charge is 0.513 e. The first-order valence-electron chi connectivity index (χ1n) is 43.1. The predicted molar refractivity (Wildman–Crippen MR) is 492 cm³/mol. The first-order valence-corrected chi connectivity index (χ1v) is 43.1. The molecule has 0 fully saturated rings. The van der Waals surface area contributed by atoms with Gasteiger partial charge in [-0.05, 0) is 193 Å². The molecule has 10 aromatic carbocycles. The molecular weight excluding hydrogens is 1770 g/mol. The summed E-state index contributed by atoms with van der Waals surface area (Å²) < 4.78 is 119. The maximum atomic E-state index is 11.9. The molecular formula is C99H114O36. The van der Waals surface area contributed by atoms with Gasteiger partial charge in [0.15, 0.2) is 69.0 Å². The van der Waals surface area contributed by atoms with Gasteiger partial charge in [-0.1, -0.05) is 176 Å². The van der Waals surface area contributed by atoms with Crippen LogP contribution in [0.1, 0.15) is 166 Å². The minimum Gasteiger partial charge on any atom is -0.434 e. The van der Waals surface area contributed by atoms with E-state index in [4.69, 9.17) is 104 Å². The van der Waals surface area contributed by atoms with Gasteiger partial charge >= 0.3 is 73.9 Å². The molecule has 0 radical (unpaired) electrons. The van der Waals surface area contributed by atoms with Crippen molar-refractivity contribution >= 4 is 117 Å². The van der Waals surface area contributed by atoms with Gasteiger partial charge in [0.2, 0.25) is 0 Å². The minimum absolute atomic E-state index is 0.0534. The second kappa shape index (κ2) is 57.6. The van der Waals surface area contributed by atoms with E-state index in [2.05, 4.69) is 9.47 Å². The number of fused-ring (bicyclic) bond motifs is 5. The fourth-order valence-corrected chi connectivity index (χ4v) is 11.5. The van der Waals surface area contributed by atoms with E-state index in [9.17, 15) is 57.5 Å². The van der Waals surface area contributed by atoms with Crippen LogP contribution in [0.15, 0.2) is 170 Å². The molecule has 0 amide bonds. The van der Waals surface area contributed by atoms with E-state index in [-0.39, 0.29) is 166 Å². The van der Waals surface area contributed by atoms with Crippen LogP contribution >= 0.6 is 0 Å². The molecule has 0 N–H and O–H groups in total. The second-order valence-electron chi connectivity index (χ2n) is 28.5. The number of rotatable bonds is 26.